The van der Waals surface area contributed by atoms with Crippen LogP contribution in [0.2, 0.25) is 0 Å². The van der Waals surface area contributed by atoms with Crippen molar-refractivity contribution in [2.24, 2.45) is 5.73 Å². The van der Waals surface area contributed by atoms with Gasteiger partial charge in [0.05, 0.1) is 6.10 Å². The number of hydrogen-bond acceptors (Lipinski definition) is 3. The van der Waals surface area contributed by atoms with Crippen molar-refractivity contribution >= 4 is 11.8 Å². The van der Waals surface area contributed by atoms with E-state index in [-0.39, 0.29) is 6.10 Å². The van der Waals surface area contributed by atoms with Crippen LogP contribution in [0.4, 0.5) is 0 Å². The molecule has 0 aliphatic heterocycles. The van der Waals surface area contributed by atoms with E-state index in [1.807, 2.05) is 18.7 Å². The van der Waals surface area contributed by atoms with Crippen LogP contribution in [-0.2, 0) is 4.74 Å². The minimum atomic E-state index is 0.277. The Morgan fingerprint density at radius 3 is 2.57 bits per heavy atom. The molecule has 0 aromatic carbocycles. The van der Waals surface area contributed by atoms with Crippen molar-refractivity contribution in [3.8, 4) is 0 Å². The second-order valence-corrected chi connectivity index (χ2v) is 4.65. The first-order valence-electron chi connectivity index (χ1n) is 5.74. The lowest BCUT2D eigenvalue weighted by Crippen LogP contribution is -2.24. The van der Waals surface area contributed by atoms with Gasteiger partial charge in [0.25, 0.3) is 0 Å². The summed E-state index contributed by atoms with van der Waals surface area (Å²) >= 11 is 2.03. The van der Waals surface area contributed by atoms with Gasteiger partial charge in [0.2, 0.25) is 0 Å². The quantitative estimate of drug-likeness (QED) is 0.574. The van der Waals surface area contributed by atoms with E-state index in [2.05, 4.69) is 6.92 Å². The molecule has 14 heavy (non-hydrogen) atoms. The van der Waals surface area contributed by atoms with Gasteiger partial charge in [-0.1, -0.05) is 19.8 Å². The second-order valence-electron chi connectivity index (χ2n) is 3.42. The summed E-state index contributed by atoms with van der Waals surface area (Å²) in [5.74, 6) is 2.48. The summed E-state index contributed by atoms with van der Waals surface area (Å²) in [6, 6.07) is 0. The number of rotatable bonds is 10. The summed E-state index contributed by atoms with van der Waals surface area (Å²) in [4.78, 5) is 0. The zero-order chi connectivity index (χ0) is 10.6. The molecule has 3 heteroatoms. The van der Waals surface area contributed by atoms with Gasteiger partial charge in [0, 0.05) is 13.2 Å². The molecule has 0 saturated heterocycles. The molecule has 2 nitrogen and oxygen atoms in total. The van der Waals surface area contributed by atoms with Gasteiger partial charge in [0.1, 0.15) is 0 Å². The summed E-state index contributed by atoms with van der Waals surface area (Å²) in [6.45, 7) is 5.70. The average molecular weight is 219 g/mol. The van der Waals surface area contributed by atoms with Crippen LogP contribution < -0.4 is 5.73 Å². The van der Waals surface area contributed by atoms with Crippen molar-refractivity contribution in [2.45, 2.75) is 45.6 Å². The van der Waals surface area contributed by atoms with Crippen molar-refractivity contribution in [2.75, 3.05) is 24.7 Å². The minimum Gasteiger partial charge on any atom is -0.377 e. The predicted octanol–water partition coefficient (Wildman–Crippen LogP) is 2.66. The summed E-state index contributed by atoms with van der Waals surface area (Å²) < 4.78 is 5.48. The van der Waals surface area contributed by atoms with Gasteiger partial charge < -0.3 is 10.5 Å². The second kappa shape index (κ2) is 11.3. The summed E-state index contributed by atoms with van der Waals surface area (Å²) in [7, 11) is 0. The van der Waals surface area contributed by atoms with Crippen LogP contribution in [0.3, 0.4) is 0 Å². The molecule has 2 N–H and O–H groups in total. The molecule has 0 aliphatic carbocycles. The van der Waals surface area contributed by atoms with Crippen LogP contribution >= 0.6 is 11.8 Å². The van der Waals surface area contributed by atoms with Crippen molar-refractivity contribution < 1.29 is 4.74 Å². The Morgan fingerprint density at radius 1 is 1.21 bits per heavy atom. The van der Waals surface area contributed by atoms with E-state index >= 15 is 0 Å². The number of ether oxygens (including phenoxy) is 1. The van der Waals surface area contributed by atoms with Crippen LogP contribution in [0, 0.1) is 0 Å². The molecule has 0 fully saturated rings. The maximum atomic E-state index is 5.59. The third-order valence-corrected chi connectivity index (χ3v) is 3.24. The van der Waals surface area contributed by atoms with Crippen LogP contribution in [0.25, 0.3) is 0 Å². The smallest absolute Gasteiger partial charge is 0.0705 e. The van der Waals surface area contributed by atoms with Gasteiger partial charge in [0.15, 0.2) is 0 Å². The van der Waals surface area contributed by atoms with Crippen LogP contribution in [0.5, 0.6) is 0 Å². The van der Waals surface area contributed by atoms with Gasteiger partial charge in [-0.2, -0.15) is 11.8 Å². The number of hydrogen-bond donors (Lipinski definition) is 1. The first-order valence-corrected chi connectivity index (χ1v) is 6.90. The van der Waals surface area contributed by atoms with Crippen LogP contribution in [-0.4, -0.2) is 30.8 Å². The molecule has 0 rings (SSSR count). The first kappa shape index (κ1) is 14.3. The van der Waals surface area contributed by atoms with Gasteiger partial charge in [-0.15, -0.1) is 0 Å². The van der Waals surface area contributed by atoms with E-state index in [1.165, 1.54) is 30.8 Å². The highest BCUT2D eigenvalue weighted by molar-refractivity contribution is 7.99. The lowest BCUT2D eigenvalue weighted by molar-refractivity contribution is 0.0674. The topological polar surface area (TPSA) is 35.2 Å². The molecule has 0 aromatic heterocycles. The van der Waals surface area contributed by atoms with Crippen molar-refractivity contribution in [3.63, 3.8) is 0 Å². The summed E-state index contributed by atoms with van der Waals surface area (Å²) in [5, 5.41) is 0. The lowest BCUT2D eigenvalue weighted by Gasteiger charge is -2.13. The van der Waals surface area contributed by atoms with Gasteiger partial charge in [-0.3, -0.25) is 0 Å². The highest BCUT2D eigenvalue weighted by Gasteiger charge is 2.04. The Balaban J connectivity index is 3.15. The minimum absolute atomic E-state index is 0.277. The van der Waals surface area contributed by atoms with E-state index in [1.54, 1.807) is 0 Å². The van der Waals surface area contributed by atoms with Crippen LogP contribution in [0.15, 0.2) is 0 Å². The highest BCUT2D eigenvalue weighted by Crippen LogP contribution is 2.10. The van der Waals surface area contributed by atoms with E-state index in [9.17, 15) is 0 Å². The molecule has 0 heterocycles. The van der Waals surface area contributed by atoms with Crippen molar-refractivity contribution in [1.82, 2.24) is 0 Å². The molecule has 1 unspecified atom stereocenters. The van der Waals surface area contributed by atoms with Gasteiger partial charge in [-0.25, -0.2) is 0 Å². The lowest BCUT2D eigenvalue weighted by atomic mass is 10.3. The normalized spacial score (nSPS) is 13.1. The number of thioether (sulfide) groups is 1. The molecular formula is C11H25NOS. The summed E-state index contributed by atoms with van der Waals surface area (Å²) in [5.41, 5.74) is 5.59. The first-order chi connectivity index (χ1) is 6.85. The molecular weight excluding hydrogens is 194 g/mol. The zero-order valence-corrected chi connectivity index (χ0v) is 10.4. The standard InChI is InChI=1S/C11H25NOS/c1-3-5-6-8-14-9-7-11(10-12)13-4-2/h11H,3-10,12H2,1-2H3. The monoisotopic (exact) mass is 219 g/mol. The summed E-state index contributed by atoms with van der Waals surface area (Å²) in [6.07, 6.45) is 5.40. The average Bonchev–Trinajstić information content (AvgIpc) is 2.21. The molecule has 0 aromatic rings. The largest absolute Gasteiger partial charge is 0.377 e. The fourth-order valence-corrected chi connectivity index (χ4v) is 2.32. The third kappa shape index (κ3) is 8.85. The molecule has 0 spiro atoms. The fraction of sp³-hybridized carbons (Fsp3) is 1.00. The predicted molar refractivity (Wildman–Crippen MR) is 65.9 cm³/mol. The molecule has 0 saturated carbocycles. The maximum Gasteiger partial charge on any atom is 0.0705 e. The zero-order valence-electron chi connectivity index (χ0n) is 9.63. The SMILES string of the molecule is CCCCCSCCC(CN)OCC. The Bertz CT molecular complexity index is 111. The Hall–Kier alpha value is 0.270. The number of nitrogens with two attached hydrogens (primary N) is 1. The molecule has 86 valence electrons. The van der Waals surface area contributed by atoms with E-state index in [4.69, 9.17) is 10.5 Å². The highest BCUT2D eigenvalue weighted by atomic mass is 32.2. The Morgan fingerprint density at radius 2 is 2.00 bits per heavy atom. The number of unbranched alkanes of at least 4 members (excludes halogenated alkanes) is 2. The van der Waals surface area contributed by atoms with Gasteiger partial charge in [-0.05, 0) is 31.3 Å². The van der Waals surface area contributed by atoms with Crippen molar-refractivity contribution in [1.29, 1.82) is 0 Å². The van der Waals surface area contributed by atoms with E-state index < -0.39 is 0 Å². The fourth-order valence-electron chi connectivity index (χ4n) is 1.28. The third-order valence-electron chi connectivity index (χ3n) is 2.14. The molecule has 0 amide bonds. The van der Waals surface area contributed by atoms with Crippen molar-refractivity contribution in [3.05, 3.63) is 0 Å². The van der Waals surface area contributed by atoms with E-state index in [0.717, 1.165) is 13.0 Å². The molecule has 1 atom stereocenters. The maximum absolute atomic E-state index is 5.59. The Labute approximate surface area is 93.0 Å². The molecule has 0 aliphatic rings. The Kier molecular flexibility index (Phi) is 11.6. The molecule has 0 bridgehead atoms. The van der Waals surface area contributed by atoms with E-state index in [0.29, 0.717) is 6.54 Å². The van der Waals surface area contributed by atoms with Gasteiger partial charge >= 0.3 is 0 Å². The van der Waals surface area contributed by atoms with Crippen LogP contribution in [0.1, 0.15) is 39.5 Å². The molecule has 0 radical (unpaired) electrons.